The van der Waals surface area contributed by atoms with Crippen molar-refractivity contribution in [1.82, 2.24) is 0 Å². The smallest absolute Gasteiger partial charge is 0.475 e. The largest absolute Gasteiger partial charge is 0.497 e. The van der Waals surface area contributed by atoms with Crippen LogP contribution in [0.5, 0.6) is 11.5 Å². The number of nitrogens with two attached hydrogens (primary N) is 1. The zero-order valence-corrected chi connectivity index (χ0v) is 19.5. The predicted octanol–water partition coefficient (Wildman–Crippen LogP) is 4.31. The molecule has 4 rings (SSSR count). The fraction of sp³-hybridized carbons (Fsp3) is 0.208. The molecular formula is C24H24NO8P. The molecule has 34 heavy (non-hydrogen) atoms. The molecule has 9 nitrogen and oxygen atoms in total. The van der Waals surface area contributed by atoms with E-state index in [1.165, 1.54) is 12.1 Å². The highest BCUT2D eigenvalue weighted by Crippen LogP contribution is 2.44. The molecule has 1 heterocycles. The third-order valence-electron chi connectivity index (χ3n) is 5.18. The van der Waals surface area contributed by atoms with Gasteiger partial charge in [0.25, 0.3) is 0 Å². The van der Waals surface area contributed by atoms with Crippen molar-refractivity contribution < 1.29 is 32.4 Å². The highest BCUT2D eigenvalue weighted by Gasteiger charge is 2.22. The minimum atomic E-state index is -4.27. The van der Waals surface area contributed by atoms with Crippen LogP contribution in [0.15, 0.2) is 63.8 Å². The Labute approximate surface area is 195 Å². The Balaban J connectivity index is 1.75. The number of fused-ring (bicyclic) bond motifs is 2. The minimum Gasteiger partial charge on any atom is -0.497 e. The molecule has 178 valence electrons. The quantitative estimate of drug-likeness (QED) is 0.202. The molecule has 0 radical (unpaired) electrons. The number of rotatable bonds is 9. The molecule has 0 amide bonds. The van der Waals surface area contributed by atoms with Crippen LogP contribution >= 0.6 is 7.82 Å². The molecule has 0 saturated heterocycles. The maximum atomic E-state index is 12.0. The Kier molecular flexibility index (Phi) is 7.02. The molecule has 0 bridgehead atoms. The van der Waals surface area contributed by atoms with E-state index in [0.717, 1.165) is 33.4 Å². The van der Waals surface area contributed by atoms with Crippen LogP contribution in [0.25, 0.3) is 33.4 Å². The van der Waals surface area contributed by atoms with Crippen molar-refractivity contribution in [2.45, 2.75) is 6.92 Å². The zero-order chi connectivity index (χ0) is 24.3. The van der Waals surface area contributed by atoms with Gasteiger partial charge < -0.3 is 24.5 Å². The second-order valence-electron chi connectivity index (χ2n) is 7.46. The summed E-state index contributed by atoms with van der Waals surface area (Å²) >= 11 is 0. The summed E-state index contributed by atoms with van der Waals surface area (Å²) in [7, 11) is -2.65. The normalized spacial score (nSPS) is 13.2. The highest BCUT2D eigenvalue weighted by molar-refractivity contribution is 7.47. The number of phosphoric acid groups is 1. The van der Waals surface area contributed by atoms with E-state index in [-0.39, 0.29) is 18.6 Å². The summed E-state index contributed by atoms with van der Waals surface area (Å²) in [4.78, 5) is 21.6. The van der Waals surface area contributed by atoms with Gasteiger partial charge in [-0.3, -0.25) is 9.32 Å². The van der Waals surface area contributed by atoms with E-state index in [4.69, 9.17) is 24.1 Å². The van der Waals surface area contributed by atoms with E-state index in [2.05, 4.69) is 4.52 Å². The zero-order valence-electron chi connectivity index (χ0n) is 18.6. The Morgan fingerprint density at radius 3 is 2.50 bits per heavy atom. The molecule has 3 N–H and O–H groups in total. The van der Waals surface area contributed by atoms with Crippen LogP contribution < -0.4 is 20.6 Å². The van der Waals surface area contributed by atoms with Gasteiger partial charge in [0.15, 0.2) is 12.2 Å². The summed E-state index contributed by atoms with van der Waals surface area (Å²) in [5.41, 5.74) is 9.18. The molecule has 0 saturated carbocycles. The summed E-state index contributed by atoms with van der Waals surface area (Å²) < 4.78 is 38.0. The molecule has 2 aliphatic rings. The highest BCUT2D eigenvalue weighted by atomic mass is 31.2. The lowest BCUT2D eigenvalue weighted by Gasteiger charge is -2.18. The second-order valence-corrected chi connectivity index (χ2v) is 8.91. The summed E-state index contributed by atoms with van der Waals surface area (Å²) in [6.07, 6.45) is 0. The summed E-state index contributed by atoms with van der Waals surface area (Å²) in [6.45, 7) is 1.42. The summed E-state index contributed by atoms with van der Waals surface area (Å²) in [5.74, 6) is 1.50. The van der Waals surface area contributed by atoms with E-state index in [1.807, 2.05) is 31.2 Å². The number of aryl methyl sites for hydroxylation is 1. The fourth-order valence-corrected chi connectivity index (χ4v) is 4.24. The first-order valence-corrected chi connectivity index (χ1v) is 11.9. The minimum absolute atomic E-state index is 0.0793. The van der Waals surface area contributed by atoms with E-state index in [0.29, 0.717) is 17.1 Å². The Morgan fingerprint density at radius 2 is 1.76 bits per heavy atom. The molecule has 10 heteroatoms. The Hall–Kier alpha value is -3.20. The molecule has 0 fully saturated rings. The van der Waals surface area contributed by atoms with E-state index < -0.39 is 14.6 Å². The van der Waals surface area contributed by atoms with Crippen molar-refractivity contribution in [2.24, 2.45) is 5.73 Å². The Bertz CT molecular complexity index is 1400. The van der Waals surface area contributed by atoms with Crippen LogP contribution in [0.1, 0.15) is 5.56 Å². The molecule has 2 aromatic carbocycles. The second kappa shape index (κ2) is 9.97. The SMILES string of the molecule is COc1ccc(-c2c3ccc(=O)cc-3oc3cc(OCOP(=O)(O)OCCN)ccc23)c(C)c1. The van der Waals surface area contributed by atoms with Crippen molar-refractivity contribution in [3.05, 3.63) is 70.4 Å². The van der Waals surface area contributed by atoms with E-state index in [1.54, 1.807) is 25.3 Å². The first-order chi connectivity index (χ1) is 16.3. The molecule has 1 atom stereocenters. The topological polar surface area (TPSA) is 130 Å². The predicted molar refractivity (Wildman–Crippen MR) is 127 cm³/mol. The van der Waals surface area contributed by atoms with Crippen molar-refractivity contribution in [2.75, 3.05) is 27.1 Å². The van der Waals surface area contributed by atoms with Crippen LogP contribution in [-0.4, -0.2) is 31.9 Å². The molecule has 0 spiro atoms. The van der Waals surface area contributed by atoms with Crippen molar-refractivity contribution >= 4 is 18.8 Å². The monoisotopic (exact) mass is 485 g/mol. The van der Waals surface area contributed by atoms with Gasteiger partial charge in [-0.05, 0) is 54.4 Å². The number of benzene rings is 3. The van der Waals surface area contributed by atoms with Crippen molar-refractivity contribution in [3.8, 4) is 33.9 Å². The first kappa shape index (κ1) is 23.9. The van der Waals surface area contributed by atoms with Crippen molar-refractivity contribution in [1.29, 1.82) is 0 Å². The lowest BCUT2D eigenvalue weighted by atomic mass is 9.91. The maximum Gasteiger partial charge on any atom is 0.475 e. The van der Waals surface area contributed by atoms with Crippen LogP contribution in [0.2, 0.25) is 0 Å². The fourth-order valence-electron chi connectivity index (χ4n) is 3.64. The lowest BCUT2D eigenvalue weighted by Crippen LogP contribution is -2.09. The van der Waals surface area contributed by atoms with Gasteiger partial charge >= 0.3 is 7.82 Å². The van der Waals surface area contributed by atoms with Gasteiger partial charge in [-0.2, -0.15) is 0 Å². The van der Waals surface area contributed by atoms with Crippen molar-refractivity contribution in [3.63, 3.8) is 0 Å². The van der Waals surface area contributed by atoms with Crippen LogP contribution in [0, 0.1) is 6.92 Å². The third kappa shape index (κ3) is 5.14. The standard InChI is InChI=1S/C24H24NO8P/c1-15-11-17(29-2)4-7-19(15)24-20-6-3-16(26)12-22(20)33-23-13-18(5-8-21(23)24)30-14-32-34(27,28)31-10-9-25/h3-8,11-13H,9-10,14,25H2,1-2H3,(H,27,28). The molecule has 2 aromatic rings. The van der Waals surface area contributed by atoms with Crippen LogP contribution in [0.3, 0.4) is 0 Å². The van der Waals surface area contributed by atoms with Gasteiger partial charge in [0.05, 0.1) is 13.7 Å². The van der Waals surface area contributed by atoms with Gasteiger partial charge in [0.2, 0.25) is 0 Å². The summed E-state index contributed by atoms with van der Waals surface area (Å²) in [5, 5.41) is 0.798. The maximum absolute atomic E-state index is 12.0. The van der Waals surface area contributed by atoms with Crippen LogP contribution in [0.4, 0.5) is 0 Å². The van der Waals surface area contributed by atoms with E-state index >= 15 is 0 Å². The average Bonchev–Trinajstić information content (AvgIpc) is 2.81. The van der Waals surface area contributed by atoms with Crippen LogP contribution in [-0.2, 0) is 13.6 Å². The summed E-state index contributed by atoms with van der Waals surface area (Å²) in [6, 6.07) is 15.6. The molecule has 1 aliphatic carbocycles. The number of methoxy groups -OCH3 is 1. The first-order valence-electron chi connectivity index (χ1n) is 10.4. The van der Waals surface area contributed by atoms with Gasteiger partial charge in [-0.25, -0.2) is 9.09 Å². The third-order valence-corrected chi connectivity index (χ3v) is 6.12. The number of hydrogen-bond donors (Lipinski definition) is 2. The molecule has 1 aliphatic heterocycles. The van der Waals surface area contributed by atoms with E-state index in [9.17, 15) is 14.3 Å². The van der Waals surface area contributed by atoms with Gasteiger partial charge in [0.1, 0.15) is 22.8 Å². The number of phosphoric ester groups is 1. The van der Waals surface area contributed by atoms with Gasteiger partial charge in [0, 0.05) is 35.2 Å². The lowest BCUT2D eigenvalue weighted by molar-refractivity contribution is 0.0679. The number of ether oxygens (including phenoxy) is 2. The number of hydrogen-bond acceptors (Lipinski definition) is 8. The van der Waals surface area contributed by atoms with Gasteiger partial charge in [-0.15, -0.1) is 0 Å². The molecule has 0 aromatic heterocycles. The van der Waals surface area contributed by atoms with Gasteiger partial charge in [-0.1, -0.05) is 6.07 Å². The average molecular weight is 485 g/mol. The molecular weight excluding hydrogens is 461 g/mol. The Morgan fingerprint density at radius 1 is 1.00 bits per heavy atom. The molecule has 1 unspecified atom stereocenters.